The average Bonchev–Trinajstić information content (AvgIpc) is 2.13. The molecule has 13 heavy (non-hydrogen) atoms. The van der Waals surface area contributed by atoms with Crippen LogP contribution in [0.25, 0.3) is 0 Å². The number of nitrogens with two attached hydrogens (primary N) is 1. The molecule has 1 atom stereocenters. The van der Waals surface area contributed by atoms with Gasteiger partial charge >= 0.3 is 0 Å². The average molecular weight is 248 g/mol. The van der Waals surface area contributed by atoms with Crippen molar-refractivity contribution < 1.29 is 9.50 Å². The van der Waals surface area contributed by atoms with Crippen LogP contribution in [-0.2, 0) is 0 Å². The summed E-state index contributed by atoms with van der Waals surface area (Å²) in [5.74, 6) is -1.01. The van der Waals surface area contributed by atoms with Gasteiger partial charge in [0.05, 0.1) is 4.47 Å². The van der Waals surface area contributed by atoms with Gasteiger partial charge in [0, 0.05) is 11.6 Å². The first kappa shape index (κ1) is 10.5. The van der Waals surface area contributed by atoms with Crippen molar-refractivity contribution in [3.63, 3.8) is 0 Å². The number of hydrogen-bond acceptors (Lipinski definition) is 2. The van der Waals surface area contributed by atoms with Gasteiger partial charge in [-0.05, 0) is 28.4 Å². The van der Waals surface area contributed by atoms with Crippen LogP contribution < -0.4 is 5.73 Å². The van der Waals surface area contributed by atoms with E-state index >= 15 is 0 Å². The van der Waals surface area contributed by atoms with Gasteiger partial charge in [-0.3, -0.25) is 0 Å². The molecule has 0 aromatic heterocycles. The van der Waals surface area contributed by atoms with E-state index in [9.17, 15) is 9.50 Å². The summed E-state index contributed by atoms with van der Waals surface area (Å²) in [4.78, 5) is 0. The maximum atomic E-state index is 13.1. The molecule has 0 radical (unpaired) electrons. The van der Waals surface area contributed by atoms with Crippen LogP contribution in [0.4, 0.5) is 4.39 Å². The van der Waals surface area contributed by atoms with Gasteiger partial charge in [0.2, 0.25) is 0 Å². The Morgan fingerprint density at radius 2 is 2.23 bits per heavy atom. The molecule has 72 valence electrons. The topological polar surface area (TPSA) is 46.2 Å². The highest BCUT2D eigenvalue weighted by Gasteiger charge is 2.14. The summed E-state index contributed by atoms with van der Waals surface area (Å²) < 4.78 is 13.4. The smallest absolute Gasteiger partial charge is 0.179 e. The van der Waals surface area contributed by atoms with E-state index in [2.05, 4.69) is 15.9 Å². The second-order valence-corrected chi connectivity index (χ2v) is 3.67. The summed E-state index contributed by atoms with van der Waals surface area (Å²) >= 11 is 2.98. The van der Waals surface area contributed by atoms with Crippen LogP contribution in [0.15, 0.2) is 16.6 Å². The van der Waals surface area contributed by atoms with E-state index in [1.165, 1.54) is 0 Å². The van der Waals surface area contributed by atoms with Crippen LogP contribution in [0, 0.1) is 5.82 Å². The second kappa shape index (κ2) is 4.07. The van der Waals surface area contributed by atoms with E-state index < -0.39 is 5.82 Å². The molecular formula is C9H11BrFNO. The minimum atomic E-state index is -0.651. The SMILES string of the molecule is CC[C@H](N)c1ccc(Br)c(F)c1O. The van der Waals surface area contributed by atoms with Gasteiger partial charge in [0.15, 0.2) is 11.6 Å². The lowest BCUT2D eigenvalue weighted by Gasteiger charge is -2.11. The highest BCUT2D eigenvalue weighted by atomic mass is 79.9. The molecule has 0 aliphatic rings. The third kappa shape index (κ3) is 2.00. The zero-order valence-corrected chi connectivity index (χ0v) is 8.81. The maximum Gasteiger partial charge on any atom is 0.179 e. The highest BCUT2D eigenvalue weighted by Crippen LogP contribution is 2.31. The zero-order valence-electron chi connectivity index (χ0n) is 7.22. The van der Waals surface area contributed by atoms with Crippen LogP contribution in [0.5, 0.6) is 5.75 Å². The Hall–Kier alpha value is -0.610. The Kier molecular flexibility index (Phi) is 3.27. The first-order chi connectivity index (χ1) is 6.07. The summed E-state index contributed by atoms with van der Waals surface area (Å²) in [6.45, 7) is 1.88. The molecule has 4 heteroatoms. The summed E-state index contributed by atoms with van der Waals surface area (Å²) in [5, 5.41) is 9.39. The number of benzene rings is 1. The molecule has 3 N–H and O–H groups in total. The second-order valence-electron chi connectivity index (χ2n) is 2.81. The monoisotopic (exact) mass is 247 g/mol. The third-order valence-electron chi connectivity index (χ3n) is 1.94. The lowest BCUT2D eigenvalue weighted by molar-refractivity contribution is 0.418. The Morgan fingerprint density at radius 3 is 2.77 bits per heavy atom. The largest absolute Gasteiger partial charge is 0.505 e. The van der Waals surface area contributed by atoms with Crippen molar-refractivity contribution in [1.29, 1.82) is 0 Å². The van der Waals surface area contributed by atoms with E-state index in [-0.39, 0.29) is 16.3 Å². The lowest BCUT2D eigenvalue weighted by Crippen LogP contribution is -2.09. The van der Waals surface area contributed by atoms with Crippen molar-refractivity contribution in [3.05, 3.63) is 28.0 Å². The van der Waals surface area contributed by atoms with Crippen molar-refractivity contribution >= 4 is 15.9 Å². The van der Waals surface area contributed by atoms with Crippen molar-refractivity contribution in [3.8, 4) is 5.75 Å². The Balaban J connectivity index is 3.18. The van der Waals surface area contributed by atoms with Crippen molar-refractivity contribution in [2.24, 2.45) is 5.73 Å². The fourth-order valence-corrected chi connectivity index (χ4v) is 1.39. The van der Waals surface area contributed by atoms with E-state index in [0.29, 0.717) is 12.0 Å². The highest BCUT2D eigenvalue weighted by molar-refractivity contribution is 9.10. The molecule has 0 fully saturated rings. The fourth-order valence-electron chi connectivity index (χ4n) is 1.07. The van der Waals surface area contributed by atoms with Gasteiger partial charge < -0.3 is 10.8 Å². The number of phenols is 1. The Morgan fingerprint density at radius 1 is 1.62 bits per heavy atom. The molecule has 0 amide bonds. The molecule has 2 nitrogen and oxygen atoms in total. The van der Waals surface area contributed by atoms with E-state index in [1.54, 1.807) is 12.1 Å². The molecule has 0 heterocycles. The zero-order chi connectivity index (χ0) is 10.0. The number of aromatic hydroxyl groups is 1. The van der Waals surface area contributed by atoms with Crippen molar-refractivity contribution in [1.82, 2.24) is 0 Å². The lowest BCUT2D eigenvalue weighted by atomic mass is 10.0. The summed E-state index contributed by atoms with van der Waals surface area (Å²) in [6, 6.07) is 2.85. The predicted molar refractivity (Wildman–Crippen MR) is 53.0 cm³/mol. The summed E-state index contributed by atoms with van der Waals surface area (Å²) in [7, 11) is 0. The fraction of sp³-hybridized carbons (Fsp3) is 0.333. The van der Waals surface area contributed by atoms with Gasteiger partial charge in [-0.25, -0.2) is 4.39 Å². The van der Waals surface area contributed by atoms with Gasteiger partial charge in [-0.1, -0.05) is 13.0 Å². The normalized spacial score (nSPS) is 12.9. The van der Waals surface area contributed by atoms with Crippen molar-refractivity contribution in [2.75, 3.05) is 0 Å². The molecule has 0 bridgehead atoms. The van der Waals surface area contributed by atoms with Crippen molar-refractivity contribution in [2.45, 2.75) is 19.4 Å². The van der Waals surface area contributed by atoms with Gasteiger partial charge in [-0.15, -0.1) is 0 Å². The summed E-state index contributed by atoms with van der Waals surface area (Å²) in [6.07, 6.45) is 0.661. The van der Waals surface area contributed by atoms with Gasteiger partial charge in [-0.2, -0.15) is 0 Å². The molecule has 0 aliphatic carbocycles. The number of hydrogen-bond donors (Lipinski definition) is 2. The van der Waals surface area contributed by atoms with Crippen LogP contribution in [-0.4, -0.2) is 5.11 Å². The molecule has 0 aliphatic heterocycles. The van der Waals surface area contributed by atoms with Crippen LogP contribution in [0.3, 0.4) is 0 Å². The molecule has 0 saturated heterocycles. The predicted octanol–water partition coefficient (Wildman–Crippen LogP) is 2.70. The standard InChI is InChI=1S/C9H11BrFNO/c1-2-7(12)5-3-4-6(10)8(11)9(5)13/h3-4,7,13H,2,12H2,1H3/t7-/m0/s1. The van der Waals surface area contributed by atoms with Gasteiger partial charge in [0.1, 0.15) is 0 Å². The quantitative estimate of drug-likeness (QED) is 0.845. The summed E-state index contributed by atoms with van der Waals surface area (Å²) in [5.41, 5.74) is 6.12. The van der Waals surface area contributed by atoms with E-state index in [4.69, 9.17) is 5.73 Å². The Bertz CT molecular complexity index is 317. The Labute approximate surface area is 84.7 Å². The molecule has 0 spiro atoms. The minimum absolute atomic E-state index is 0.247. The van der Waals surface area contributed by atoms with E-state index in [0.717, 1.165) is 0 Å². The van der Waals surface area contributed by atoms with Crippen LogP contribution in [0.1, 0.15) is 24.9 Å². The first-order valence-corrected chi connectivity index (χ1v) is 4.79. The number of phenolic OH excluding ortho intramolecular Hbond substituents is 1. The molecule has 1 aromatic carbocycles. The third-order valence-corrected chi connectivity index (χ3v) is 2.55. The maximum absolute atomic E-state index is 13.1. The molecule has 1 rings (SSSR count). The first-order valence-electron chi connectivity index (χ1n) is 4.00. The number of halogens is 2. The molecule has 0 unspecified atom stereocenters. The van der Waals surface area contributed by atoms with Gasteiger partial charge in [0.25, 0.3) is 0 Å². The molecule has 1 aromatic rings. The van der Waals surface area contributed by atoms with Crippen LogP contribution >= 0.6 is 15.9 Å². The minimum Gasteiger partial charge on any atom is -0.505 e. The molecular weight excluding hydrogens is 237 g/mol. The molecule has 0 saturated carbocycles. The van der Waals surface area contributed by atoms with Crippen LogP contribution in [0.2, 0.25) is 0 Å². The number of rotatable bonds is 2. The van der Waals surface area contributed by atoms with E-state index in [1.807, 2.05) is 6.92 Å².